The van der Waals surface area contributed by atoms with Crippen LogP contribution in [-0.4, -0.2) is 54.6 Å². The fraction of sp³-hybridized carbons (Fsp3) is 0.318. The number of allylic oxidation sites excluding steroid dienone is 3. The zero-order valence-electron chi connectivity index (χ0n) is 16.7. The molecule has 0 radical (unpaired) electrons. The summed E-state index contributed by atoms with van der Waals surface area (Å²) in [4.78, 5) is 28.3. The molecule has 0 saturated heterocycles. The fourth-order valence-corrected chi connectivity index (χ4v) is 3.39. The topological polar surface area (TPSA) is 117 Å². The number of aliphatic hydroxyl groups excluding tert-OH is 1. The van der Waals surface area contributed by atoms with Crippen LogP contribution in [0.4, 0.5) is 0 Å². The summed E-state index contributed by atoms with van der Waals surface area (Å²) in [5.41, 5.74) is 1.22. The largest absolute Gasteiger partial charge is 0.508 e. The van der Waals surface area contributed by atoms with Gasteiger partial charge in [0.25, 0.3) is 5.91 Å². The highest BCUT2D eigenvalue weighted by atomic mass is 16.5. The van der Waals surface area contributed by atoms with Crippen LogP contribution in [0.15, 0.2) is 59.3 Å². The number of benzene rings is 1. The van der Waals surface area contributed by atoms with E-state index >= 15 is 0 Å². The van der Waals surface area contributed by atoms with Gasteiger partial charge >= 0.3 is 5.97 Å². The molecule has 3 rings (SSSR count). The molecule has 0 aromatic heterocycles. The summed E-state index contributed by atoms with van der Waals surface area (Å²) in [6.45, 7) is 0.148. The van der Waals surface area contributed by atoms with E-state index < -0.39 is 17.9 Å². The van der Waals surface area contributed by atoms with Crippen molar-refractivity contribution >= 4 is 17.6 Å². The molecule has 158 valence electrons. The molecule has 2 aliphatic rings. The van der Waals surface area contributed by atoms with Crippen molar-refractivity contribution in [1.29, 1.82) is 0 Å². The molecule has 8 nitrogen and oxygen atoms in total. The van der Waals surface area contributed by atoms with Gasteiger partial charge in [-0.1, -0.05) is 12.2 Å². The van der Waals surface area contributed by atoms with Gasteiger partial charge in [0.05, 0.1) is 25.8 Å². The van der Waals surface area contributed by atoms with Gasteiger partial charge in [-0.25, -0.2) is 4.99 Å². The molecule has 1 heterocycles. The number of amides is 1. The third-order valence-corrected chi connectivity index (χ3v) is 5.08. The summed E-state index contributed by atoms with van der Waals surface area (Å²) in [6.07, 6.45) is 8.59. The lowest BCUT2D eigenvalue weighted by Gasteiger charge is -2.25. The number of nitrogens with zero attached hydrogens (tertiary/aromatic N) is 1. The number of nitrogens with one attached hydrogen (secondary N) is 1. The maximum Gasteiger partial charge on any atom is 0.321 e. The van der Waals surface area contributed by atoms with Crippen LogP contribution in [0.2, 0.25) is 0 Å². The van der Waals surface area contributed by atoms with Crippen molar-refractivity contribution in [2.24, 2.45) is 16.8 Å². The number of methoxy groups -OCH3 is 2. The Morgan fingerprint density at radius 1 is 1.23 bits per heavy atom. The molecule has 2 unspecified atom stereocenters. The quantitative estimate of drug-likeness (QED) is 0.599. The van der Waals surface area contributed by atoms with Gasteiger partial charge in [-0.3, -0.25) is 9.59 Å². The van der Waals surface area contributed by atoms with Crippen LogP contribution in [0.5, 0.6) is 11.5 Å². The summed E-state index contributed by atoms with van der Waals surface area (Å²) in [7, 11) is 3.08. The third kappa shape index (κ3) is 4.77. The van der Waals surface area contributed by atoms with Crippen LogP contribution in [-0.2, 0) is 9.59 Å². The van der Waals surface area contributed by atoms with Gasteiger partial charge in [-0.2, -0.15) is 0 Å². The van der Waals surface area contributed by atoms with E-state index in [-0.39, 0.29) is 24.1 Å². The van der Waals surface area contributed by atoms with E-state index in [9.17, 15) is 19.8 Å². The number of carbonyl (C=O) groups is 2. The minimum Gasteiger partial charge on any atom is -0.508 e. The predicted molar refractivity (Wildman–Crippen MR) is 111 cm³/mol. The SMILES string of the molecule is COc1ccc(C2=NC(=O)C(CN[C@@H](C(=O)O)C3C=CC(O)=CC3)C=C2)cc1OC. The van der Waals surface area contributed by atoms with Crippen LogP contribution in [0.1, 0.15) is 12.0 Å². The summed E-state index contributed by atoms with van der Waals surface area (Å²) in [6, 6.07) is 4.40. The fourth-order valence-electron chi connectivity index (χ4n) is 3.39. The third-order valence-electron chi connectivity index (χ3n) is 5.08. The van der Waals surface area contributed by atoms with Gasteiger partial charge in [0.15, 0.2) is 11.5 Å². The van der Waals surface area contributed by atoms with Crippen molar-refractivity contribution in [3.8, 4) is 11.5 Å². The molecule has 3 N–H and O–H groups in total. The average molecular weight is 412 g/mol. The van der Waals surface area contributed by atoms with E-state index in [1.807, 2.05) is 0 Å². The minimum atomic E-state index is -1.01. The Bertz CT molecular complexity index is 947. The molecular weight excluding hydrogens is 388 g/mol. The smallest absolute Gasteiger partial charge is 0.321 e. The number of hydrogen-bond donors (Lipinski definition) is 3. The normalized spacial score (nSPS) is 21.6. The zero-order chi connectivity index (χ0) is 21.7. The highest BCUT2D eigenvalue weighted by Crippen LogP contribution is 2.28. The maximum atomic E-state index is 12.5. The van der Waals surface area contributed by atoms with Gasteiger partial charge in [-0.05, 0) is 42.8 Å². The molecule has 8 heteroatoms. The van der Waals surface area contributed by atoms with Gasteiger partial charge in [0, 0.05) is 18.0 Å². The Labute approximate surface area is 174 Å². The van der Waals surface area contributed by atoms with Crippen LogP contribution < -0.4 is 14.8 Å². The Balaban J connectivity index is 1.66. The number of carboxylic acids is 1. The first kappa shape index (κ1) is 21.3. The Kier molecular flexibility index (Phi) is 6.68. The van der Waals surface area contributed by atoms with Crippen LogP contribution in [0.3, 0.4) is 0 Å². The lowest BCUT2D eigenvalue weighted by Crippen LogP contribution is -2.45. The number of rotatable bonds is 8. The molecule has 1 aromatic carbocycles. The molecule has 1 aliphatic heterocycles. The highest BCUT2D eigenvalue weighted by molar-refractivity contribution is 6.15. The number of ether oxygens (including phenoxy) is 2. The molecule has 0 bridgehead atoms. The van der Waals surface area contributed by atoms with Crippen molar-refractivity contribution in [1.82, 2.24) is 5.32 Å². The maximum absolute atomic E-state index is 12.5. The van der Waals surface area contributed by atoms with E-state index in [0.717, 1.165) is 0 Å². The second-order valence-electron chi connectivity index (χ2n) is 6.98. The van der Waals surface area contributed by atoms with Gasteiger partial charge in [-0.15, -0.1) is 0 Å². The molecule has 1 aliphatic carbocycles. The predicted octanol–water partition coefficient (Wildman–Crippen LogP) is 2.27. The first-order chi connectivity index (χ1) is 14.4. The van der Waals surface area contributed by atoms with E-state index in [1.165, 1.54) is 13.2 Å². The molecular formula is C22H24N2O6. The number of hydrogen-bond acceptors (Lipinski definition) is 6. The standard InChI is InChI=1S/C22H24N2O6/c1-29-18-10-6-14(11-19(18)30-2)17-9-5-15(21(26)24-17)12-23-20(22(27)28)13-3-7-16(25)8-4-13/h3,5-11,13,15,20,23,25H,4,12H2,1-2H3,(H,27,28)/t13?,15?,20-/m1/s1. The van der Waals surface area contributed by atoms with Crippen molar-refractivity contribution in [2.75, 3.05) is 20.8 Å². The molecule has 3 atom stereocenters. The van der Waals surface area contributed by atoms with E-state index in [2.05, 4.69) is 10.3 Å². The molecule has 0 saturated carbocycles. The van der Waals surface area contributed by atoms with Gasteiger partial charge in [0.1, 0.15) is 11.8 Å². The number of aliphatic imine (C=N–C) groups is 1. The molecule has 30 heavy (non-hydrogen) atoms. The Morgan fingerprint density at radius 2 is 2.00 bits per heavy atom. The monoisotopic (exact) mass is 412 g/mol. The van der Waals surface area contributed by atoms with Crippen molar-refractivity contribution in [3.63, 3.8) is 0 Å². The Hall–Kier alpha value is -3.39. The number of carbonyl (C=O) groups excluding carboxylic acids is 1. The Morgan fingerprint density at radius 3 is 2.60 bits per heavy atom. The first-order valence-electron chi connectivity index (χ1n) is 9.49. The second kappa shape index (κ2) is 9.41. The molecule has 0 spiro atoms. The van der Waals surface area contributed by atoms with E-state index in [1.54, 1.807) is 49.6 Å². The minimum absolute atomic E-state index is 0.123. The van der Waals surface area contributed by atoms with E-state index in [0.29, 0.717) is 29.2 Å². The average Bonchev–Trinajstić information content (AvgIpc) is 2.75. The van der Waals surface area contributed by atoms with Crippen molar-refractivity contribution in [2.45, 2.75) is 12.5 Å². The van der Waals surface area contributed by atoms with Crippen molar-refractivity contribution in [3.05, 3.63) is 59.9 Å². The lowest BCUT2D eigenvalue weighted by atomic mass is 9.91. The second-order valence-corrected chi connectivity index (χ2v) is 6.98. The molecule has 1 amide bonds. The summed E-state index contributed by atoms with van der Waals surface area (Å²) in [5.74, 6) is -1.00. The summed E-state index contributed by atoms with van der Waals surface area (Å²) in [5, 5.41) is 21.9. The summed E-state index contributed by atoms with van der Waals surface area (Å²) < 4.78 is 10.5. The molecule has 1 aromatic rings. The molecule has 0 fully saturated rings. The number of dihydropyridines is 1. The van der Waals surface area contributed by atoms with Crippen LogP contribution >= 0.6 is 0 Å². The first-order valence-corrected chi connectivity index (χ1v) is 9.49. The number of carboxylic acid groups (broad SMARTS) is 1. The van der Waals surface area contributed by atoms with E-state index in [4.69, 9.17) is 9.47 Å². The number of aliphatic hydroxyl groups is 1. The lowest BCUT2D eigenvalue weighted by molar-refractivity contribution is -0.140. The van der Waals surface area contributed by atoms with Gasteiger partial charge < -0.3 is 25.0 Å². The summed E-state index contributed by atoms with van der Waals surface area (Å²) >= 11 is 0. The number of aliphatic carboxylic acids is 1. The zero-order valence-corrected chi connectivity index (χ0v) is 16.7. The van der Waals surface area contributed by atoms with Crippen molar-refractivity contribution < 1.29 is 29.3 Å². The highest BCUT2D eigenvalue weighted by Gasteiger charge is 2.29. The van der Waals surface area contributed by atoms with Crippen LogP contribution in [0.25, 0.3) is 0 Å². The van der Waals surface area contributed by atoms with Crippen LogP contribution in [0, 0.1) is 11.8 Å². The van der Waals surface area contributed by atoms with Gasteiger partial charge in [0.2, 0.25) is 0 Å².